The highest BCUT2D eigenvalue weighted by atomic mass is 16.5. The first-order valence-electron chi connectivity index (χ1n) is 7.27. The Morgan fingerprint density at radius 1 is 1.09 bits per heavy atom. The van der Waals surface area contributed by atoms with Crippen LogP contribution in [-0.2, 0) is 11.2 Å². The molecule has 0 saturated heterocycles. The number of hydrogen-bond donors (Lipinski definition) is 2. The number of methoxy groups -OCH3 is 1. The Hall–Kier alpha value is -2.66. The van der Waals surface area contributed by atoms with E-state index >= 15 is 0 Å². The quantitative estimate of drug-likeness (QED) is 0.731. The van der Waals surface area contributed by atoms with E-state index in [1.165, 1.54) is 0 Å². The third-order valence-electron chi connectivity index (χ3n) is 3.50. The minimum absolute atomic E-state index is 0.0316. The molecule has 5 nitrogen and oxygen atoms in total. The number of ketones is 1. The predicted molar refractivity (Wildman–Crippen MR) is 86.9 cm³/mol. The standard InChI is InChI=1S/C18H19NO4/c1-23-15-9-7-14(8-10-15)17(20)12-19-16(18(21)22)11-13-5-3-2-4-6-13/h2-10,16,19H,11-12H2,1H3,(H,21,22). The Kier molecular flexibility index (Phi) is 5.88. The van der Waals surface area contributed by atoms with Crippen molar-refractivity contribution >= 4 is 11.8 Å². The molecule has 0 fully saturated rings. The van der Waals surface area contributed by atoms with Crippen molar-refractivity contribution in [3.05, 3.63) is 65.7 Å². The summed E-state index contributed by atoms with van der Waals surface area (Å²) < 4.78 is 5.04. The molecular weight excluding hydrogens is 294 g/mol. The lowest BCUT2D eigenvalue weighted by atomic mass is 10.1. The number of Topliss-reactive ketones (excluding diaryl/α,β-unsaturated/α-hetero) is 1. The van der Waals surface area contributed by atoms with E-state index in [-0.39, 0.29) is 12.3 Å². The summed E-state index contributed by atoms with van der Waals surface area (Å²) in [5.74, 6) is -0.467. The van der Waals surface area contributed by atoms with Crippen LogP contribution in [0.3, 0.4) is 0 Å². The molecule has 0 radical (unpaired) electrons. The molecule has 0 aliphatic rings. The molecule has 2 aromatic rings. The molecular formula is C18H19NO4. The van der Waals surface area contributed by atoms with Gasteiger partial charge in [0.15, 0.2) is 5.78 Å². The number of hydrogen-bond acceptors (Lipinski definition) is 4. The number of carboxylic acid groups (broad SMARTS) is 1. The molecule has 0 spiro atoms. The van der Waals surface area contributed by atoms with Crippen molar-refractivity contribution in [2.75, 3.05) is 13.7 Å². The lowest BCUT2D eigenvalue weighted by Crippen LogP contribution is -2.41. The number of carbonyl (C=O) groups is 2. The molecule has 1 atom stereocenters. The molecule has 2 aromatic carbocycles. The van der Waals surface area contributed by atoms with Gasteiger partial charge in [0.25, 0.3) is 0 Å². The minimum Gasteiger partial charge on any atom is -0.497 e. The third kappa shape index (κ3) is 4.93. The zero-order valence-electron chi connectivity index (χ0n) is 12.9. The summed E-state index contributed by atoms with van der Waals surface area (Å²) in [6, 6.07) is 15.2. The molecule has 0 amide bonds. The molecule has 23 heavy (non-hydrogen) atoms. The van der Waals surface area contributed by atoms with Crippen molar-refractivity contribution in [1.82, 2.24) is 5.32 Å². The largest absolute Gasteiger partial charge is 0.497 e. The second-order valence-electron chi connectivity index (χ2n) is 5.11. The van der Waals surface area contributed by atoms with Crippen LogP contribution >= 0.6 is 0 Å². The molecule has 0 aromatic heterocycles. The molecule has 0 heterocycles. The minimum atomic E-state index is -0.976. The highest BCUT2D eigenvalue weighted by molar-refractivity contribution is 5.98. The first-order chi connectivity index (χ1) is 11.1. The van der Waals surface area contributed by atoms with E-state index in [0.29, 0.717) is 17.7 Å². The van der Waals surface area contributed by atoms with E-state index in [9.17, 15) is 14.7 Å². The second kappa shape index (κ2) is 8.10. The van der Waals surface area contributed by atoms with Crippen LogP contribution in [0.2, 0.25) is 0 Å². The number of ether oxygens (including phenoxy) is 1. The second-order valence-corrected chi connectivity index (χ2v) is 5.11. The number of aliphatic carboxylic acids is 1. The van der Waals surface area contributed by atoms with Gasteiger partial charge in [0, 0.05) is 5.56 Å². The number of nitrogens with one attached hydrogen (secondary N) is 1. The van der Waals surface area contributed by atoms with Gasteiger partial charge in [0.2, 0.25) is 0 Å². The fourth-order valence-corrected chi connectivity index (χ4v) is 2.19. The summed E-state index contributed by atoms with van der Waals surface area (Å²) in [7, 11) is 1.55. The Labute approximate surface area is 134 Å². The van der Waals surface area contributed by atoms with Crippen LogP contribution in [0.25, 0.3) is 0 Å². The van der Waals surface area contributed by atoms with Gasteiger partial charge in [-0.1, -0.05) is 30.3 Å². The van der Waals surface area contributed by atoms with Gasteiger partial charge in [-0.3, -0.25) is 14.9 Å². The molecule has 120 valence electrons. The van der Waals surface area contributed by atoms with E-state index < -0.39 is 12.0 Å². The van der Waals surface area contributed by atoms with E-state index in [1.54, 1.807) is 31.4 Å². The molecule has 0 aliphatic carbocycles. The summed E-state index contributed by atoms with van der Waals surface area (Å²) in [6.45, 7) is -0.0316. The van der Waals surface area contributed by atoms with Crippen molar-refractivity contribution in [3.63, 3.8) is 0 Å². The molecule has 2 N–H and O–H groups in total. The number of rotatable bonds is 8. The van der Waals surface area contributed by atoms with Crippen LogP contribution in [0.4, 0.5) is 0 Å². The SMILES string of the molecule is COc1ccc(C(=O)CNC(Cc2ccccc2)C(=O)O)cc1. The highest BCUT2D eigenvalue weighted by Crippen LogP contribution is 2.11. The molecule has 1 unspecified atom stereocenters. The summed E-state index contributed by atoms with van der Waals surface area (Å²) >= 11 is 0. The topological polar surface area (TPSA) is 75.6 Å². The summed E-state index contributed by atoms with van der Waals surface area (Å²) in [5.41, 5.74) is 1.42. The van der Waals surface area contributed by atoms with E-state index in [1.807, 2.05) is 30.3 Å². The average molecular weight is 313 g/mol. The molecule has 0 aliphatic heterocycles. The van der Waals surface area contributed by atoms with Crippen LogP contribution in [0.15, 0.2) is 54.6 Å². The Morgan fingerprint density at radius 3 is 2.30 bits per heavy atom. The van der Waals surface area contributed by atoms with Crippen LogP contribution in [0.5, 0.6) is 5.75 Å². The van der Waals surface area contributed by atoms with Gasteiger partial charge in [-0.15, -0.1) is 0 Å². The van der Waals surface area contributed by atoms with Gasteiger partial charge in [-0.2, -0.15) is 0 Å². The van der Waals surface area contributed by atoms with Crippen LogP contribution in [-0.4, -0.2) is 36.6 Å². The maximum Gasteiger partial charge on any atom is 0.321 e. The maximum atomic E-state index is 12.1. The van der Waals surface area contributed by atoms with E-state index in [2.05, 4.69) is 5.32 Å². The highest BCUT2D eigenvalue weighted by Gasteiger charge is 2.19. The van der Waals surface area contributed by atoms with Gasteiger partial charge in [0.05, 0.1) is 13.7 Å². The van der Waals surface area contributed by atoms with E-state index in [4.69, 9.17) is 4.74 Å². The first-order valence-corrected chi connectivity index (χ1v) is 7.27. The van der Waals surface area contributed by atoms with Crippen molar-refractivity contribution in [2.45, 2.75) is 12.5 Å². The Bertz CT molecular complexity index is 652. The fourth-order valence-electron chi connectivity index (χ4n) is 2.19. The first kappa shape index (κ1) is 16.7. The van der Waals surface area contributed by atoms with Crippen molar-refractivity contribution < 1.29 is 19.4 Å². The summed E-state index contributed by atoms with van der Waals surface area (Å²) in [6.07, 6.45) is 0.325. The smallest absolute Gasteiger partial charge is 0.321 e. The van der Waals surface area contributed by atoms with Crippen LogP contribution in [0.1, 0.15) is 15.9 Å². The third-order valence-corrected chi connectivity index (χ3v) is 3.50. The van der Waals surface area contributed by atoms with Crippen LogP contribution in [0, 0.1) is 0 Å². The lowest BCUT2D eigenvalue weighted by Gasteiger charge is -2.14. The molecule has 0 saturated carbocycles. The van der Waals surface area contributed by atoms with Crippen molar-refractivity contribution in [3.8, 4) is 5.75 Å². The maximum absolute atomic E-state index is 12.1. The number of carbonyl (C=O) groups excluding carboxylic acids is 1. The van der Waals surface area contributed by atoms with Gasteiger partial charge in [-0.05, 0) is 36.2 Å². The number of benzene rings is 2. The van der Waals surface area contributed by atoms with E-state index in [0.717, 1.165) is 5.56 Å². The molecule has 5 heteroatoms. The van der Waals surface area contributed by atoms with Gasteiger partial charge < -0.3 is 9.84 Å². The predicted octanol–water partition coefficient (Wildman–Crippen LogP) is 2.16. The van der Waals surface area contributed by atoms with Crippen molar-refractivity contribution in [1.29, 1.82) is 0 Å². The molecule has 0 bridgehead atoms. The normalized spacial score (nSPS) is 11.7. The van der Waals surface area contributed by atoms with Gasteiger partial charge >= 0.3 is 5.97 Å². The number of carboxylic acids is 1. The van der Waals surface area contributed by atoms with Gasteiger partial charge in [-0.25, -0.2) is 0 Å². The summed E-state index contributed by atoms with van der Waals surface area (Å²) in [4.78, 5) is 23.5. The zero-order chi connectivity index (χ0) is 16.7. The Morgan fingerprint density at radius 2 is 1.74 bits per heavy atom. The van der Waals surface area contributed by atoms with Gasteiger partial charge in [0.1, 0.15) is 11.8 Å². The van der Waals surface area contributed by atoms with Crippen LogP contribution < -0.4 is 10.1 Å². The molecule has 2 rings (SSSR count). The average Bonchev–Trinajstić information content (AvgIpc) is 2.59. The summed E-state index contributed by atoms with van der Waals surface area (Å²) in [5, 5.41) is 12.1. The Balaban J connectivity index is 1.95. The van der Waals surface area contributed by atoms with Crippen molar-refractivity contribution in [2.24, 2.45) is 0 Å². The monoisotopic (exact) mass is 313 g/mol. The lowest BCUT2D eigenvalue weighted by molar-refractivity contribution is -0.139. The fraction of sp³-hybridized carbons (Fsp3) is 0.222. The zero-order valence-corrected chi connectivity index (χ0v) is 12.9.